The summed E-state index contributed by atoms with van der Waals surface area (Å²) in [5.41, 5.74) is 11.2. The van der Waals surface area contributed by atoms with Crippen LogP contribution >= 0.6 is 23.5 Å². The number of nitrogens with one attached hydrogen (secondary N) is 1. The van der Waals surface area contributed by atoms with Crippen molar-refractivity contribution in [3.8, 4) is 22.5 Å². The third kappa shape index (κ3) is 13.7. The number of imidazole rings is 1. The molecule has 7 rings (SSSR count). The highest BCUT2D eigenvalue weighted by molar-refractivity contribution is 7.86. The van der Waals surface area contributed by atoms with E-state index in [1.807, 2.05) is 0 Å². The highest BCUT2D eigenvalue weighted by Gasteiger charge is 2.44. The number of nitrogen functional groups attached to an aromatic ring is 2. The number of ether oxygens (including phenoxy) is 1. The lowest BCUT2D eigenvalue weighted by molar-refractivity contribution is -0.176. The predicted molar refractivity (Wildman–Crippen MR) is 261 cm³/mol. The van der Waals surface area contributed by atoms with Gasteiger partial charge >= 0.3 is 33.6 Å². The normalized spacial score (nSPS) is 18.6. The quantitative estimate of drug-likeness (QED) is 0.0136. The Labute approximate surface area is 431 Å². The second-order valence-corrected chi connectivity index (χ2v) is 24.3. The minimum absolute atomic E-state index is 0.00532. The first kappa shape index (κ1) is 58.1. The first-order valence-electron chi connectivity index (χ1n) is 22.5. The number of amides is 2. The van der Waals surface area contributed by atoms with Crippen molar-refractivity contribution in [2.75, 3.05) is 44.8 Å². The van der Waals surface area contributed by atoms with Crippen LogP contribution in [0.5, 0.6) is 0 Å². The Morgan fingerprint density at radius 2 is 1.61 bits per heavy atom. The highest BCUT2D eigenvalue weighted by Crippen LogP contribution is 2.67. The molecule has 0 spiro atoms. The topological polar surface area (TPSA) is 474 Å². The molecule has 3 unspecified atom stereocenters. The molecule has 35 heteroatoms. The van der Waals surface area contributed by atoms with E-state index in [0.29, 0.717) is 19.3 Å². The molecule has 1 fully saturated rings. The molecule has 0 saturated carbocycles. The second kappa shape index (κ2) is 23.1. The Bertz CT molecular complexity index is 3600. The van der Waals surface area contributed by atoms with Crippen molar-refractivity contribution in [1.29, 1.82) is 0 Å². The third-order valence-corrected chi connectivity index (χ3v) is 17.7. The van der Waals surface area contributed by atoms with E-state index in [1.54, 1.807) is 6.07 Å². The Hall–Kier alpha value is -5.63. The molecular formula is C41H50N9O21P3S2. The van der Waals surface area contributed by atoms with Gasteiger partial charge in [-0.3, -0.25) is 33.2 Å². The zero-order valence-corrected chi connectivity index (χ0v) is 44.0. The maximum absolute atomic E-state index is 14.0. The Morgan fingerprint density at radius 1 is 0.908 bits per heavy atom. The molecule has 12 N–H and O–H groups in total. The average molecular weight is 1160 g/mol. The van der Waals surface area contributed by atoms with E-state index in [1.165, 1.54) is 59.5 Å². The van der Waals surface area contributed by atoms with Gasteiger partial charge in [-0.05, 0) is 49.1 Å². The van der Waals surface area contributed by atoms with Crippen LogP contribution in [0.4, 0.5) is 11.5 Å². The number of carbonyl (C=O) groups excluding carboxylic acids is 2. The number of phosphoric acid groups is 3. The molecule has 4 aromatic rings. The van der Waals surface area contributed by atoms with Gasteiger partial charge in [0.05, 0.1) is 31.3 Å². The van der Waals surface area contributed by atoms with Crippen molar-refractivity contribution in [2.24, 2.45) is 0 Å². The van der Waals surface area contributed by atoms with E-state index in [0.717, 1.165) is 12.1 Å². The Balaban J connectivity index is 0.835. The number of benzene rings is 3. The molecule has 412 valence electrons. The summed E-state index contributed by atoms with van der Waals surface area (Å²) in [6.07, 6.45) is 0.720. The molecule has 1 saturated heterocycles. The summed E-state index contributed by atoms with van der Waals surface area (Å²) >= 11 is 0. The van der Waals surface area contributed by atoms with Crippen molar-refractivity contribution in [1.82, 2.24) is 29.7 Å². The van der Waals surface area contributed by atoms with Gasteiger partial charge in [0.15, 0.2) is 22.8 Å². The SMILES string of the molecule is CN(CCCC(=O)NCCCCCCOP(=O)(O)OP(=O)(O)OP(=O)(O)OC[C@H]1O[C@@H](n2cnc3c(N)ncnc32)C[C@@H]1O)C(=O)c1ccccc1-c1c2ccc(=[NH2+])c(S(=O)(=O)O)c-2oc2c(S(=O)(=O)[O-])c(N)ccc12. The third-order valence-electron chi connectivity index (χ3n) is 11.6. The van der Waals surface area contributed by atoms with Crippen molar-refractivity contribution < 1.29 is 101 Å². The predicted octanol–water partition coefficient (Wildman–Crippen LogP) is 1.56. The van der Waals surface area contributed by atoms with Crippen LogP contribution < -0.4 is 27.6 Å². The van der Waals surface area contributed by atoms with Crippen molar-refractivity contribution in [3.63, 3.8) is 0 Å². The van der Waals surface area contributed by atoms with Gasteiger partial charge in [0.2, 0.25) is 16.2 Å². The molecule has 2 aliphatic heterocycles. The van der Waals surface area contributed by atoms with Crippen molar-refractivity contribution >= 4 is 89.2 Å². The van der Waals surface area contributed by atoms with Gasteiger partial charge in [-0.1, -0.05) is 31.0 Å². The Morgan fingerprint density at radius 3 is 2.32 bits per heavy atom. The molecule has 0 radical (unpaired) electrons. The van der Waals surface area contributed by atoms with Gasteiger partial charge in [0.25, 0.3) is 5.91 Å². The van der Waals surface area contributed by atoms with E-state index >= 15 is 0 Å². The van der Waals surface area contributed by atoms with Crippen LogP contribution in [-0.4, -0.2) is 128 Å². The molecule has 6 atom stereocenters. The number of rotatable bonds is 24. The molecule has 2 aromatic heterocycles. The fourth-order valence-corrected chi connectivity index (χ4v) is 13.2. The first-order valence-corrected chi connectivity index (χ1v) is 29.8. The maximum Gasteiger partial charge on any atom is 0.490 e. The summed E-state index contributed by atoms with van der Waals surface area (Å²) in [5, 5.41) is 18.6. The zero-order chi connectivity index (χ0) is 55.5. The average Bonchev–Trinajstić information content (AvgIpc) is 3.94. The number of carbonyl (C=O) groups is 2. The van der Waals surface area contributed by atoms with E-state index in [4.69, 9.17) is 35.1 Å². The first-order chi connectivity index (χ1) is 35.6. The fourth-order valence-electron chi connectivity index (χ4n) is 8.17. The lowest BCUT2D eigenvalue weighted by atomic mass is 9.90. The summed E-state index contributed by atoms with van der Waals surface area (Å²) < 4.78 is 140. The van der Waals surface area contributed by atoms with Crippen LogP contribution in [0.15, 0.2) is 75.4 Å². The standard InChI is InChI=1S/C41H50N9O21P3S2/c1-49(41(53)24-10-5-4-9-23(24)33-25-12-14-27(42)37(75(60,61)62)35(25)69-36-26(33)13-15-28(43)38(36)76(63,64)65)17-8-11-31(52)45-16-6-2-3-7-18-66-72(54,55)70-74(58,59)71-73(56,57)67-20-30-29(51)19-32(68-30)50-22-48-34-39(44)46-21-47-40(34)50/h4-5,9-10,12-15,21-22,29-30,32,42,51H,2-3,6-8,11,16-20,43H2,1H3,(H,45,52)(H,54,55)(H,56,57)(H,58,59)(H2,44,46,47)(H,60,61,62)(H,63,64,65)/t29-,30+,32+/m0/s1. The van der Waals surface area contributed by atoms with Crippen molar-refractivity contribution in [3.05, 3.63) is 72.1 Å². The summed E-state index contributed by atoms with van der Waals surface area (Å²) in [4.78, 5) is 68.1. The second-order valence-electron chi connectivity index (χ2n) is 17.0. The molecule has 30 nitrogen and oxygen atoms in total. The van der Waals surface area contributed by atoms with Gasteiger partial charge in [-0.2, -0.15) is 17.0 Å². The molecule has 4 heterocycles. The van der Waals surface area contributed by atoms with Gasteiger partial charge in [0.1, 0.15) is 39.2 Å². The molecule has 76 heavy (non-hydrogen) atoms. The number of fused-ring (bicyclic) bond motifs is 3. The number of hydrogen-bond acceptors (Lipinski definition) is 22. The summed E-state index contributed by atoms with van der Waals surface area (Å²) in [7, 11) is -25.6. The van der Waals surface area contributed by atoms with Crippen LogP contribution in [0, 0.1) is 0 Å². The lowest BCUT2D eigenvalue weighted by Gasteiger charge is -2.23. The molecule has 3 aliphatic rings. The molecule has 2 aromatic carbocycles. The van der Waals surface area contributed by atoms with Crippen LogP contribution in [0.25, 0.3) is 44.6 Å². The summed E-state index contributed by atoms with van der Waals surface area (Å²) in [6, 6.07) is 11.0. The summed E-state index contributed by atoms with van der Waals surface area (Å²) in [6.45, 7) is -1.01. The number of anilines is 2. The van der Waals surface area contributed by atoms with Crippen LogP contribution in [-0.2, 0) is 61.1 Å². The minimum Gasteiger partial charge on any atom is -0.744 e. The number of aromatic nitrogens is 4. The van der Waals surface area contributed by atoms with Gasteiger partial charge in [0, 0.05) is 61.1 Å². The van der Waals surface area contributed by atoms with E-state index < -0.39 is 113 Å². The number of phosphoric ester groups is 2. The van der Waals surface area contributed by atoms with Crippen molar-refractivity contribution in [2.45, 2.75) is 73.2 Å². The number of hydrogen-bond donors (Lipinski definition) is 9. The molecule has 2 amide bonds. The van der Waals surface area contributed by atoms with Crippen LogP contribution in [0.2, 0.25) is 0 Å². The van der Waals surface area contributed by atoms with Gasteiger partial charge < -0.3 is 55.2 Å². The van der Waals surface area contributed by atoms with E-state index in [9.17, 15) is 69.0 Å². The Kier molecular flexibility index (Phi) is 17.7. The largest absolute Gasteiger partial charge is 0.744 e. The van der Waals surface area contributed by atoms with E-state index in [2.05, 4.69) is 28.9 Å². The fraction of sp³-hybridized carbons (Fsp3) is 0.366. The molecule has 0 bridgehead atoms. The van der Waals surface area contributed by atoms with Gasteiger partial charge in [-0.15, -0.1) is 0 Å². The lowest BCUT2D eigenvalue weighted by Crippen LogP contribution is -2.47. The zero-order valence-electron chi connectivity index (χ0n) is 39.7. The number of aliphatic hydroxyl groups is 1. The maximum atomic E-state index is 14.0. The molecular weight excluding hydrogens is 1110 g/mol. The number of nitrogens with zero attached hydrogens (tertiary/aromatic N) is 5. The minimum atomic E-state index is -5.78. The summed E-state index contributed by atoms with van der Waals surface area (Å²) in [5.74, 6) is -1.45. The van der Waals surface area contributed by atoms with Crippen LogP contribution in [0.3, 0.4) is 0 Å². The van der Waals surface area contributed by atoms with Crippen LogP contribution in [0.1, 0.15) is 61.5 Å². The van der Waals surface area contributed by atoms with Gasteiger partial charge in [-0.25, -0.2) is 37.1 Å². The highest BCUT2D eigenvalue weighted by atomic mass is 32.2. The number of nitrogens with two attached hydrogens (primary N) is 3. The molecule has 1 aliphatic carbocycles. The smallest absolute Gasteiger partial charge is 0.490 e. The number of unbranched alkanes of at least 4 members (excludes halogenated alkanes) is 3. The van der Waals surface area contributed by atoms with E-state index in [-0.39, 0.29) is 89.3 Å². The monoisotopic (exact) mass is 1160 g/mol. The number of aliphatic hydroxyl groups excluding tert-OH is 1.